The molecule has 176 valence electrons. The van der Waals surface area contributed by atoms with E-state index in [4.69, 9.17) is 0 Å². The van der Waals surface area contributed by atoms with E-state index < -0.39 is 17.5 Å². The van der Waals surface area contributed by atoms with Gasteiger partial charge in [0.2, 0.25) is 0 Å². The molecule has 1 saturated carbocycles. The van der Waals surface area contributed by atoms with Crippen LogP contribution >= 0.6 is 0 Å². The van der Waals surface area contributed by atoms with Crippen molar-refractivity contribution in [2.75, 3.05) is 0 Å². The Labute approximate surface area is 192 Å². The van der Waals surface area contributed by atoms with Crippen molar-refractivity contribution in [2.24, 2.45) is 13.0 Å². The van der Waals surface area contributed by atoms with Gasteiger partial charge in [-0.15, -0.1) is 0 Å². The molecule has 4 heterocycles. The van der Waals surface area contributed by atoms with Crippen LogP contribution in [0.25, 0.3) is 22.4 Å². The van der Waals surface area contributed by atoms with Crippen molar-refractivity contribution in [1.29, 1.82) is 0 Å². The van der Waals surface area contributed by atoms with Gasteiger partial charge in [0.1, 0.15) is 23.0 Å². The van der Waals surface area contributed by atoms with Crippen LogP contribution in [0.2, 0.25) is 0 Å². The Balaban J connectivity index is 1.35. The highest BCUT2D eigenvalue weighted by molar-refractivity contribution is 5.92. The summed E-state index contributed by atoms with van der Waals surface area (Å²) in [7, 11) is 1.79. The predicted octanol–water partition coefficient (Wildman–Crippen LogP) is 3.70. The van der Waals surface area contributed by atoms with Crippen molar-refractivity contribution in [1.82, 2.24) is 35.0 Å². The predicted molar refractivity (Wildman–Crippen MR) is 117 cm³/mol. The van der Waals surface area contributed by atoms with Gasteiger partial charge in [-0.25, -0.2) is 28.1 Å². The number of hydrogen-bond donors (Lipinski definition) is 2. The number of fused-ring (bicyclic) bond motifs is 1. The third kappa shape index (κ3) is 4.37. The summed E-state index contributed by atoms with van der Waals surface area (Å²) >= 11 is 0. The van der Waals surface area contributed by atoms with E-state index in [9.17, 15) is 18.0 Å². The molecule has 1 aliphatic carbocycles. The van der Waals surface area contributed by atoms with E-state index in [0.717, 1.165) is 31.5 Å². The standard InChI is InChI=1S/C23H22F3N7O/c1-33-10-19(28-11-33)23(34)29-14-4-2-3-12(5-14)6-18-16(25)8-17(26)21(30-18)20-15-7-13(24)9-27-22(15)32-31-20/h7-12,14H,2-6H2,1H3,(H,29,34)(H,27,31,32)/t12-,14+/m0/s1. The van der Waals surface area contributed by atoms with Crippen LogP contribution in [-0.4, -0.2) is 41.7 Å². The maximum Gasteiger partial charge on any atom is 0.271 e. The minimum atomic E-state index is -0.875. The highest BCUT2D eigenvalue weighted by atomic mass is 19.1. The number of aryl methyl sites for hydroxylation is 1. The first-order valence-electron chi connectivity index (χ1n) is 11.0. The smallest absolute Gasteiger partial charge is 0.271 e. The largest absolute Gasteiger partial charge is 0.348 e. The van der Waals surface area contributed by atoms with Gasteiger partial charge in [0.05, 0.1) is 29.3 Å². The number of rotatable bonds is 5. The maximum atomic E-state index is 14.7. The molecule has 2 atom stereocenters. The van der Waals surface area contributed by atoms with Crippen LogP contribution in [0, 0.1) is 23.4 Å². The molecule has 1 amide bonds. The number of carbonyl (C=O) groups excluding carboxylic acids is 1. The van der Waals surface area contributed by atoms with Crippen molar-refractivity contribution in [3.63, 3.8) is 0 Å². The summed E-state index contributed by atoms with van der Waals surface area (Å²) in [5.41, 5.74) is 0.678. The first-order chi connectivity index (χ1) is 16.4. The molecule has 0 spiro atoms. The Morgan fingerprint density at radius 1 is 1.21 bits per heavy atom. The molecule has 0 unspecified atom stereocenters. The molecule has 1 aliphatic rings. The van der Waals surface area contributed by atoms with E-state index in [2.05, 4.69) is 30.5 Å². The maximum absolute atomic E-state index is 14.7. The number of hydrogen-bond acceptors (Lipinski definition) is 5. The second kappa shape index (κ2) is 8.88. The fourth-order valence-corrected chi connectivity index (χ4v) is 4.55. The third-order valence-electron chi connectivity index (χ3n) is 6.15. The Bertz CT molecular complexity index is 1370. The minimum Gasteiger partial charge on any atom is -0.348 e. The number of carbonyl (C=O) groups is 1. The molecule has 0 radical (unpaired) electrons. The average molecular weight is 469 g/mol. The number of nitrogens with one attached hydrogen (secondary N) is 2. The van der Waals surface area contributed by atoms with Crippen molar-refractivity contribution in [3.8, 4) is 11.4 Å². The van der Waals surface area contributed by atoms with Crippen molar-refractivity contribution in [2.45, 2.75) is 38.1 Å². The van der Waals surface area contributed by atoms with Gasteiger partial charge in [0.15, 0.2) is 11.5 Å². The topological polar surface area (TPSA) is 101 Å². The van der Waals surface area contributed by atoms with Gasteiger partial charge in [-0.05, 0) is 37.7 Å². The molecule has 2 N–H and O–H groups in total. The van der Waals surface area contributed by atoms with E-state index in [0.29, 0.717) is 12.1 Å². The van der Waals surface area contributed by atoms with Crippen LogP contribution in [0.5, 0.6) is 0 Å². The molecule has 5 rings (SSSR count). The molecule has 1 fully saturated rings. The zero-order chi connectivity index (χ0) is 23.8. The lowest BCUT2D eigenvalue weighted by molar-refractivity contribution is 0.0914. The molecule has 4 aromatic rings. The second-order valence-electron chi connectivity index (χ2n) is 8.70. The fraction of sp³-hybridized carbons (Fsp3) is 0.348. The molecule has 11 heteroatoms. The molecule has 0 saturated heterocycles. The van der Waals surface area contributed by atoms with E-state index in [-0.39, 0.29) is 52.4 Å². The number of aromatic nitrogens is 6. The van der Waals surface area contributed by atoms with Crippen molar-refractivity contribution in [3.05, 3.63) is 59.7 Å². The number of nitrogens with zero attached hydrogens (tertiary/aromatic N) is 5. The molecule has 34 heavy (non-hydrogen) atoms. The van der Waals surface area contributed by atoms with E-state index in [1.165, 1.54) is 6.07 Å². The van der Waals surface area contributed by atoms with Crippen molar-refractivity contribution < 1.29 is 18.0 Å². The lowest BCUT2D eigenvalue weighted by Crippen LogP contribution is -2.39. The Kier molecular flexibility index (Phi) is 5.76. The summed E-state index contributed by atoms with van der Waals surface area (Å²) in [6.45, 7) is 0. The van der Waals surface area contributed by atoms with Crippen LogP contribution in [-0.2, 0) is 13.5 Å². The Hall–Kier alpha value is -3.76. The molecular formula is C23H22F3N7O. The molecule has 0 aliphatic heterocycles. The highest BCUT2D eigenvalue weighted by Gasteiger charge is 2.27. The highest BCUT2D eigenvalue weighted by Crippen LogP contribution is 2.31. The van der Waals surface area contributed by atoms with Gasteiger partial charge in [-0.1, -0.05) is 6.42 Å². The van der Waals surface area contributed by atoms with Crippen LogP contribution in [0.1, 0.15) is 41.9 Å². The summed E-state index contributed by atoms with van der Waals surface area (Å²) in [5.74, 6) is -2.40. The van der Waals surface area contributed by atoms with Gasteiger partial charge >= 0.3 is 0 Å². The molecular weight excluding hydrogens is 447 g/mol. The number of pyridine rings is 2. The minimum absolute atomic E-state index is 0.0562. The third-order valence-corrected chi connectivity index (χ3v) is 6.15. The lowest BCUT2D eigenvalue weighted by atomic mass is 9.82. The van der Waals surface area contributed by atoms with Gasteiger partial charge in [-0.2, -0.15) is 5.10 Å². The molecule has 0 aromatic carbocycles. The average Bonchev–Trinajstić information content (AvgIpc) is 3.42. The number of amides is 1. The number of halogens is 3. The molecule has 8 nitrogen and oxygen atoms in total. The first kappa shape index (κ1) is 22.1. The Morgan fingerprint density at radius 3 is 2.85 bits per heavy atom. The zero-order valence-electron chi connectivity index (χ0n) is 18.4. The van der Waals surface area contributed by atoms with Crippen LogP contribution < -0.4 is 5.32 Å². The van der Waals surface area contributed by atoms with Gasteiger partial charge in [-0.3, -0.25) is 9.89 Å². The summed E-state index contributed by atoms with van der Waals surface area (Å²) in [5, 5.41) is 9.86. The SMILES string of the molecule is Cn1cnc(C(=O)N[C@@H]2CCC[C@H](Cc3nc(-c4[nH]nc5ncc(F)cc45)c(F)cc3F)C2)c1. The fourth-order valence-electron chi connectivity index (χ4n) is 4.55. The van der Waals surface area contributed by atoms with E-state index in [1.807, 2.05) is 0 Å². The van der Waals surface area contributed by atoms with E-state index >= 15 is 0 Å². The summed E-state index contributed by atoms with van der Waals surface area (Å²) in [4.78, 5) is 24.6. The Morgan fingerprint density at radius 2 is 2.06 bits per heavy atom. The quantitative estimate of drug-likeness (QED) is 0.464. The summed E-state index contributed by atoms with van der Waals surface area (Å²) < 4.78 is 44.7. The number of imidazole rings is 1. The van der Waals surface area contributed by atoms with Gasteiger partial charge in [0, 0.05) is 25.4 Å². The van der Waals surface area contributed by atoms with Crippen LogP contribution in [0.15, 0.2) is 30.9 Å². The summed E-state index contributed by atoms with van der Waals surface area (Å²) in [6.07, 6.45) is 7.68. The van der Waals surface area contributed by atoms with Gasteiger partial charge in [0.25, 0.3) is 5.91 Å². The molecule has 4 aromatic heterocycles. The van der Waals surface area contributed by atoms with E-state index in [1.54, 1.807) is 24.1 Å². The van der Waals surface area contributed by atoms with Crippen LogP contribution in [0.3, 0.4) is 0 Å². The number of H-pyrrole nitrogens is 1. The zero-order valence-corrected chi connectivity index (χ0v) is 18.4. The second-order valence-corrected chi connectivity index (χ2v) is 8.70. The monoisotopic (exact) mass is 469 g/mol. The molecule has 0 bridgehead atoms. The number of aromatic amines is 1. The normalized spacial score (nSPS) is 18.4. The van der Waals surface area contributed by atoms with Crippen LogP contribution in [0.4, 0.5) is 13.2 Å². The van der Waals surface area contributed by atoms with Crippen molar-refractivity contribution >= 4 is 16.9 Å². The lowest BCUT2D eigenvalue weighted by Gasteiger charge is -2.29. The first-order valence-corrected chi connectivity index (χ1v) is 11.0. The van der Waals surface area contributed by atoms with Gasteiger partial charge < -0.3 is 9.88 Å². The summed E-state index contributed by atoms with van der Waals surface area (Å²) in [6, 6.07) is 1.91.